The van der Waals surface area contributed by atoms with Gasteiger partial charge in [-0.15, -0.1) is 0 Å². The molecule has 6 heteroatoms. The first-order valence-electron chi connectivity index (χ1n) is 5.46. The summed E-state index contributed by atoms with van der Waals surface area (Å²) < 4.78 is 0.575. The molecule has 0 unspecified atom stereocenters. The summed E-state index contributed by atoms with van der Waals surface area (Å²) in [7, 11) is 0. The van der Waals surface area contributed by atoms with E-state index in [1.165, 1.54) is 12.1 Å². The highest BCUT2D eigenvalue weighted by Gasteiger charge is 2.06. The topological polar surface area (TPSA) is 67.5 Å². The molecule has 0 aliphatic heterocycles. The van der Waals surface area contributed by atoms with E-state index in [-0.39, 0.29) is 5.69 Å². The third-order valence-electron chi connectivity index (χ3n) is 2.37. The normalized spacial score (nSPS) is 11.1. The van der Waals surface area contributed by atoms with Crippen molar-refractivity contribution in [2.75, 3.05) is 5.43 Å². The number of para-hydroxylation sites is 1. The zero-order valence-electron chi connectivity index (χ0n) is 9.79. The molecule has 0 aliphatic rings. The molecule has 0 atom stereocenters. The molecule has 1 N–H and O–H groups in total. The summed E-state index contributed by atoms with van der Waals surface area (Å²) in [6, 6.07) is 15.6. The number of nitrogens with zero attached hydrogens (tertiary/aromatic N) is 2. The number of hydrogen-bond donors (Lipinski definition) is 1. The predicted octanol–water partition coefficient (Wildman–Crippen LogP) is 3.76. The fourth-order valence-corrected chi connectivity index (χ4v) is 1.76. The zero-order chi connectivity index (χ0) is 13.7. The number of hydrazone groups is 1. The van der Waals surface area contributed by atoms with Crippen LogP contribution in [0.1, 0.15) is 5.56 Å². The molecule has 96 valence electrons. The molecular weight excluding hydrogens is 310 g/mol. The van der Waals surface area contributed by atoms with Crippen molar-refractivity contribution in [1.82, 2.24) is 0 Å². The molecule has 0 bridgehead atoms. The lowest BCUT2D eigenvalue weighted by Crippen LogP contribution is -1.97. The van der Waals surface area contributed by atoms with Crippen LogP contribution in [-0.2, 0) is 0 Å². The first-order valence-corrected chi connectivity index (χ1v) is 6.25. The molecule has 0 amide bonds. The maximum absolute atomic E-state index is 10.5. The van der Waals surface area contributed by atoms with Crippen molar-refractivity contribution < 1.29 is 4.92 Å². The van der Waals surface area contributed by atoms with Crippen molar-refractivity contribution in [1.29, 1.82) is 0 Å². The van der Waals surface area contributed by atoms with E-state index in [0.717, 1.165) is 11.3 Å². The lowest BCUT2D eigenvalue weighted by atomic mass is 10.2. The van der Waals surface area contributed by atoms with E-state index in [9.17, 15) is 10.1 Å². The maximum Gasteiger partial charge on any atom is 0.269 e. The second kappa shape index (κ2) is 6.10. The van der Waals surface area contributed by atoms with Gasteiger partial charge < -0.3 is 0 Å². The molecule has 0 aromatic heterocycles. The number of anilines is 1. The summed E-state index contributed by atoms with van der Waals surface area (Å²) in [5, 5.41) is 14.7. The van der Waals surface area contributed by atoms with Gasteiger partial charge in [-0.1, -0.05) is 18.2 Å². The minimum Gasteiger partial charge on any atom is -0.277 e. The van der Waals surface area contributed by atoms with Gasteiger partial charge in [-0.25, -0.2) is 0 Å². The minimum atomic E-state index is -0.433. The van der Waals surface area contributed by atoms with Gasteiger partial charge in [0.1, 0.15) is 4.62 Å². The average molecular weight is 320 g/mol. The van der Waals surface area contributed by atoms with Gasteiger partial charge in [-0.05, 0) is 40.2 Å². The van der Waals surface area contributed by atoms with Crippen LogP contribution in [0.2, 0.25) is 0 Å². The summed E-state index contributed by atoms with van der Waals surface area (Å²) in [6.07, 6.45) is 0. The largest absolute Gasteiger partial charge is 0.277 e. The van der Waals surface area contributed by atoms with Crippen LogP contribution >= 0.6 is 15.9 Å². The number of benzene rings is 2. The Morgan fingerprint density at radius 2 is 1.74 bits per heavy atom. The number of non-ortho nitro benzene ring substituents is 1. The van der Waals surface area contributed by atoms with Crippen molar-refractivity contribution in [3.05, 3.63) is 70.3 Å². The van der Waals surface area contributed by atoms with Gasteiger partial charge in [-0.2, -0.15) is 5.10 Å². The van der Waals surface area contributed by atoms with Gasteiger partial charge in [0, 0.05) is 17.7 Å². The predicted molar refractivity (Wildman–Crippen MR) is 78.6 cm³/mol. The van der Waals surface area contributed by atoms with Crippen molar-refractivity contribution in [2.45, 2.75) is 0 Å². The number of rotatable bonds is 4. The van der Waals surface area contributed by atoms with E-state index in [0.29, 0.717) is 4.62 Å². The van der Waals surface area contributed by atoms with E-state index >= 15 is 0 Å². The Morgan fingerprint density at radius 3 is 2.32 bits per heavy atom. The first-order chi connectivity index (χ1) is 9.16. The molecule has 2 rings (SSSR count). The molecule has 0 radical (unpaired) electrons. The zero-order valence-corrected chi connectivity index (χ0v) is 11.4. The van der Waals surface area contributed by atoms with Crippen LogP contribution in [0.15, 0.2) is 59.7 Å². The Bertz CT molecular complexity index is 597. The quantitative estimate of drug-likeness (QED) is 0.530. The number of nitrogens with one attached hydrogen (secondary N) is 1. The Kier molecular flexibility index (Phi) is 4.25. The third kappa shape index (κ3) is 3.62. The molecule has 2 aromatic carbocycles. The molecule has 0 spiro atoms. The van der Waals surface area contributed by atoms with Crippen LogP contribution in [-0.4, -0.2) is 9.54 Å². The van der Waals surface area contributed by atoms with E-state index in [2.05, 4.69) is 26.5 Å². The SMILES string of the molecule is O=[N+]([O-])c1ccc(/C(Br)=N\Nc2ccccc2)cc1. The highest BCUT2D eigenvalue weighted by atomic mass is 79.9. The van der Waals surface area contributed by atoms with E-state index in [1.807, 2.05) is 30.3 Å². The number of hydrogen-bond acceptors (Lipinski definition) is 4. The van der Waals surface area contributed by atoms with Crippen LogP contribution in [0.25, 0.3) is 0 Å². The Balaban J connectivity index is 2.10. The summed E-state index contributed by atoms with van der Waals surface area (Å²) in [4.78, 5) is 10.1. The fourth-order valence-electron chi connectivity index (χ4n) is 1.41. The Hall–Kier alpha value is -2.21. The number of nitro benzene ring substituents is 1. The van der Waals surface area contributed by atoms with Gasteiger partial charge in [0.15, 0.2) is 0 Å². The van der Waals surface area contributed by atoms with Crippen molar-refractivity contribution in [3.8, 4) is 0 Å². The summed E-state index contributed by atoms with van der Waals surface area (Å²) >= 11 is 3.32. The molecule has 19 heavy (non-hydrogen) atoms. The van der Waals surface area contributed by atoms with E-state index in [4.69, 9.17) is 0 Å². The summed E-state index contributed by atoms with van der Waals surface area (Å²) in [6.45, 7) is 0. The van der Waals surface area contributed by atoms with Crippen LogP contribution in [0.4, 0.5) is 11.4 Å². The van der Waals surface area contributed by atoms with Crippen LogP contribution in [0.3, 0.4) is 0 Å². The Morgan fingerprint density at radius 1 is 1.11 bits per heavy atom. The Labute approximate surface area is 118 Å². The second-order valence-electron chi connectivity index (χ2n) is 3.68. The number of halogens is 1. The summed E-state index contributed by atoms with van der Waals surface area (Å²) in [5.41, 5.74) is 4.56. The number of nitro groups is 1. The molecule has 0 saturated carbocycles. The van der Waals surface area contributed by atoms with E-state index in [1.54, 1.807) is 12.1 Å². The first kappa shape index (κ1) is 13.2. The highest BCUT2D eigenvalue weighted by molar-refractivity contribution is 9.18. The van der Waals surface area contributed by atoms with E-state index < -0.39 is 4.92 Å². The molecule has 0 aliphatic carbocycles. The lowest BCUT2D eigenvalue weighted by molar-refractivity contribution is -0.384. The standard InChI is InChI=1S/C13H10BrN3O2/c14-13(16-15-11-4-2-1-3-5-11)10-6-8-12(9-7-10)17(18)19/h1-9,15H/b16-13+. The molecule has 0 fully saturated rings. The second-order valence-corrected chi connectivity index (χ2v) is 4.44. The fraction of sp³-hybridized carbons (Fsp3) is 0. The molecule has 2 aromatic rings. The van der Waals surface area contributed by atoms with Crippen LogP contribution in [0, 0.1) is 10.1 Å². The van der Waals surface area contributed by atoms with Crippen molar-refractivity contribution in [2.24, 2.45) is 5.10 Å². The van der Waals surface area contributed by atoms with Crippen molar-refractivity contribution >= 4 is 31.9 Å². The van der Waals surface area contributed by atoms with Gasteiger partial charge in [-0.3, -0.25) is 15.5 Å². The lowest BCUT2D eigenvalue weighted by Gasteiger charge is -2.02. The maximum atomic E-state index is 10.5. The van der Waals surface area contributed by atoms with Crippen LogP contribution < -0.4 is 5.43 Å². The monoisotopic (exact) mass is 319 g/mol. The molecule has 0 saturated heterocycles. The van der Waals surface area contributed by atoms with Gasteiger partial charge in [0.2, 0.25) is 0 Å². The van der Waals surface area contributed by atoms with Gasteiger partial charge in [0.25, 0.3) is 5.69 Å². The third-order valence-corrected chi connectivity index (χ3v) is 3.01. The van der Waals surface area contributed by atoms with Crippen LogP contribution in [0.5, 0.6) is 0 Å². The van der Waals surface area contributed by atoms with Crippen molar-refractivity contribution in [3.63, 3.8) is 0 Å². The summed E-state index contributed by atoms with van der Waals surface area (Å²) in [5.74, 6) is 0. The molecule has 0 heterocycles. The molecular formula is C13H10BrN3O2. The average Bonchev–Trinajstić information content (AvgIpc) is 2.46. The smallest absolute Gasteiger partial charge is 0.269 e. The minimum absolute atomic E-state index is 0.0556. The van der Waals surface area contributed by atoms with Gasteiger partial charge in [0.05, 0.1) is 10.6 Å². The van der Waals surface area contributed by atoms with Gasteiger partial charge >= 0.3 is 0 Å². The highest BCUT2D eigenvalue weighted by Crippen LogP contribution is 2.15. The molecule has 5 nitrogen and oxygen atoms in total.